The van der Waals surface area contributed by atoms with E-state index >= 15 is 0 Å². The number of aryl methyl sites for hydroxylation is 1. The number of amidine groups is 1. The number of halogens is 2. The number of nitrogens with two attached hydrogens (primary N) is 1. The van der Waals surface area contributed by atoms with E-state index in [1.54, 1.807) is 28.7 Å². The first-order valence-electron chi connectivity index (χ1n) is 14.4. The van der Waals surface area contributed by atoms with E-state index in [4.69, 9.17) is 21.0 Å². The summed E-state index contributed by atoms with van der Waals surface area (Å²) in [6, 6.07) is 12.3. The highest BCUT2D eigenvalue weighted by atomic mass is 19.2. The summed E-state index contributed by atoms with van der Waals surface area (Å²) in [6.45, 7) is 3.17. The molecule has 4 aromatic rings. The standard InChI is InChI=1S/C31H37F2N9O2/c1-19-29(21-14-36-40(2)15-21)39-42(22-7-5-4-6-8-22)30(19)38-31(43)37-27-17-41(23(18-44-3)10-12-28(34)35)16-24(27)20-9-11-25(32)26(33)13-20/h4-9,11,13-15,23-24,27H,10,12,16-18H2,1-3H3,(H3,34,35)(H2,37,38,43)/t23?,24-,27+/m0/s1. The number of aromatic nitrogens is 4. The van der Waals surface area contributed by atoms with Gasteiger partial charge in [0.1, 0.15) is 11.5 Å². The first kappa shape index (κ1) is 30.8. The molecule has 1 saturated heterocycles. The Kier molecular flexibility index (Phi) is 9.35. The molecule has 0 aliphatic carbocycles. The fraction of sp³-hybridized carbons (Fsp3) is 0.355. The molecular weight excluding hydrogens is 568 g/mol. The smallest absolute Gasteiger partial charge is 0.320 e. The van der Waals surface area contributed by atoms with Crippen molar-refractivity contribution in [1.82, 2.24) is 29.8 Å². The van der Waals surface area contributed by atoms with Gasteiger partial charge in [-0.25, -0.2) is 18.3 Å². The van der Waals surface area contributed by atoms with Crippen molar-refractivity contribution >= 4 is 17.7 Å². The Hall–Kier alpha value is -4.62. The Morgan fingerprint density at radius 2 is 1.95 bits per heavy atom. The van der Waals surface area contributed by atoms with Gasteiger partial charge in [-0.2, -0.15) is 10.2 Å². The van der Waals surface area contributed by atoms with E-state index in [1.165, 1.54) is 6.07 Å². The largest absolute Gasteiger partial charge is 0.388 e. The maximum atomic E-state index is 14.3. The Bertz CT molecular complexity index is 1620. The van der Waals surface area contributed by atoms with Crippen LogP contribution in [0.25, 0.3) is 16.9 Å². The number of carbonyl (C=O) groups excluding carboxylic acids is 1. The van der Waals surface area contributed by atoms with Gasteiger partial charge >= 0.3 is 6.03 Å². The van der Waals surface area contributed by atoms with Crippen LogP contribution in [0.2, 0.25) is 0 Å². The SMILES string of the molecule is COCC(CCC(=N)N)N1C[C@@H](NC(=O)Nc2c(C)c(-c3cnn(C)c3)nn2-c2ccccc2)[C@H](c2ccc(F)c(F)c2)C1. The van der Waals surface area contributed by atoms with Crippen LogP contribution in [0.1, 0.15) is 29.9 Å². The van der Waals surface area contributed by atoms with E-state index in [1.807, 2.05) is 50.5 Å². The van der Waals surface area contributed by atoms with Crippen molar-refractivity contribution in [2.45, 2.75) is 37.8 Å². The number of benzene rings is 2. The first-order valence-corrected chi connectivity index (χ1v) is 14.4. The van der Waals surface area contributed by atoms with E-state index < -0.39 is 23.7 Å². The highest BCUT2D eigenvalue weighted by Gasteiger charge is 2.38. The molecule has 3 heterocycles. The Labute approximate surface area is 254 Å². The number of anilines is 1. The molecule has 1 aliphatic rings. The van der Waals surface area contributed by atoms with Crippen LogP contribution < -0.4 is 16.4 Å². The molecule has 3 atom stereocenters. The zero-order valence-corrected chi connectivity index (χ0v) is 24.9. The van der Waals surface area contributed by atoms with Crippen molar-refractivity contribution in [3.05, 3.63) is 83.7 Å². The van der Waals surface area contributed by atoms with Crippen molar-refractivity contribution in [2.75, 3.05) is 32.1 Å². The third kappa shape index (κ3) is 6.79. The Morgan fingerprint density at radius 1 is 1.18 bits per heavy atom. The van der Waals surface area contributed by atoms with Gasteiger partial charge in [0.2, 0.25) is 0 Å². The second kappa shape index (κ2) is 13.3. The quantitative estimate of drug-likeness (QED) is 0.149. The van der Waals surface area contributed by atoms with Crippen LogP contribution in [-0.2, 0) is 11.8 Å². The minimum absolute atomic E-state index is 0.0764. The molecule has 0 spiro atoms. The van der Waals surface area contributed by atoms with Gasteiger partial charge in [-0.15, -0.1) is 0 Å². The molecular formula is C31H37F2N9O2. The minimum Gasteiger partial charge on any atom is -0.388 e. The van der Waals surface area contributed by atoms with Gasteiger partial charge < -0.3 is 15.8 Å². The fourth-order valence-corrected chi connectivity index (χ4v) is 5.77. The highest BCUT2D eigenvalue weighted by molar-refractivity contribution is 5.91. The molecule has 1 fully saturated rings. The maximum Gasteiger partial charge on any atom is 0.320 e. The van der Waals surface area contributed by atoms with Crippen molar-refractivity contribution in [2.24, 2.45) is 12.8 Å². The molecule has 13 heteroatoms. The van der Waals surface area contributed by atoms with Crippen LogP contribution in [-0.4, -0.2) is 75.2 Å². The van der Waals surface area contributed by atoms with Gasteiger partial charge in [0.05, 0.1) is 30.4 Å². The summed E-state index contributed by atoms with van der Waals surface area (Å²) in [5, 5.41) is 22.8. The Balaban J connectivity index is 1.43. The van der Waals surface area contributed by atoms with Crippen molar-refractivity contribution in [3.63, 3.8) is 0 Å². The Morgan fingerprint density at radius 3 is 2.61 bits per heavy atom. The molecule has 44 heavy (non-hydrogen) atoms. The predicted octanol–water partition coefficient (Wildman–Crippen LogP) is 4.18. The van der Waals surface area contributed by atoms with Gasteiger partial charge in [0, 0.05) is 63.0 Å². The van der Waals surface area contributed by atoms with Crippen molar-refractivity contribution < 1.29 is 18.3 Å². The van der Waals surface area contributed by atoms with Gasteiger partial charge in [-0.3, -0.25) is 20.3 Å². The molecule has 5 N–H and O–H groups in total. The number of methoxy groups -OCH3 is 1. The lowest BCUT2D eigenvalue weighted by atomic mass is 9.94. The average molecular weight is 606 g/mol. The number of urea groups is 1. The van der Waals surface area contributed by atoms with Crippen LogP contribution in [0.15, 0.2) is 60.9 Å². The third-order valence-corrected chi connectivity index (χ3v) is 7.99. The topological polar surface area (TPSA) is 139 Å². The molecule has 1 aliphatic heterocycles. The molecule has 2 amide bonds. The van der Waals surface area contributed by atoms with E-state index in [-0.39, 0.29) is 17.8 Å². The van der Waals surface area contributed by atoms with Crippen LogP contribution in [0.4, 0.5) is 19.4 Å². The monoisotopic (exact) mass is 605 g/mol. The van der Waals surface area contributed by atoms with E-state index in [2.05, 4.69) is 20.6 Å². The maximum absolute atomic E-state index is 14.3. The minimum atomic E-state index is -0.945. The average Bonchev–Trinajstić information content (AvgIpc) is 3.70. The summed E-state index contributed by atoms with van der Waals surface area (Å²) in [4.78, 5) is 15.8. The molecule has 0 saturated carbocycles. The summed E-state index contributed by atoms with van der Waals surface area (Å²) >= 11 is 0. The number of ether oxygens (including phenoxy) is 1. The van der Waals surface area contributed by atoms with E-state index in [0.29, 0.717) is 49.6 Å². The van der Waals surface area contributed by atoms with Gasteiger partial charge in [0.15, 0.2) is 11.6 Å². The molecule has 2 aromatic carbocycles. The summed E-state index contributed by atoms with van der Waals surface area (Å²) in [7, 11) is 3.43. The lowest BCUT2D eigenvalue weighted by molar-refractivity contribution is 0.0992. The molecule has 232 valence electrons. The second-order valence-corrected chi connectivity index (χ2v) is 11.1. The lowest BCUT2D eigenvalue weighted by Crippen LogP contribution is -2.44. The fourth-order valence-electron chi connectivity index (χ4n) is 5.77. The van der Waals surface area contributed by atoms with E-state index in [0.717, 1.165) is 22.9 Å². The summed E-state index contributed by atoms with van der Waals surface area (Å²) in [5.41, 5.74) is 9.21. The molecule has 11 nitrogen and oxygen atoms in total. The first-order chi connectivity index (χ1) is 21.1. The van der Waals surface area contributed by atoms with Crippen LogP contribution in [0.3, 0.4) is 0 Å². The molecule has 2 aromatic heterocycles. The van der Waals surface area contributed by atoms with Gasteiger partial charge in [0.25, 0.3) is 0 Å². The molecule has 1 unspecified atom stereocenters. The second-order valence-electron chi connectivity index (χ2n) is 11.1. The van der Waals surface area contributed by atoms with Crippen LogP contribution >= 0.6 is 0 Å². The van der Waals surface area contributed by atoms with Crippen molar-refractivity contribution in [1.29, 1.82) is 5.41 Å². The molecule has 0 radical (unpaired) electrons. The number of carbonyl (C=O) groups is 1. The third-order valence-electron chi connectivity index (χ3n) is 7.99. The summed E-state index contributed by atoms with van der Waals surface area (Å²) < 4.78 is 37.0. The number of rotatable bonds is 11. The molecule has 0 bridgehead atoms. The number of amides is 2. The highest BCUT2D eigenvalue weighted by Crippen LogP contribution is 2.33. The zero-order chi connectivity index (χ0) is 31.4. The molecule has 5 rings (SSSR count). The number of likely N-dealkylation sites (tertiary alicyclic amines) is 1. The number of para-hydroxylation sites is 1. The van der Waals surface area contributed by atoms with Gasteiger partial charge in [-0.1, -0.05) is 24.3 Å². The number of hydrogen-bond acceptors (Lipinski definition) is 6. The normalized spacial score (nSPS) is 17.5. The number of nitrogens with one attached hydrogen (secondary N) is 3. The number of hydrogen-bond donors (Lipinski definition) is 4. The summed E-state index contributed by atoms with van der Waals surface area (Å²) in [6.07, 6.45) is 4.55. The summed E-state index contributed by atoms with van der Waals surface area (Å²) in [5.74, 6) is -1.64. The lowest BCUT2D eigenvalue weighted by Gasteiger charge is -2.27. The number of nitrogens with zero attached hydrogens (tertiary/aromatic N) is 5. The van der Waals surface area contributed by atoms with Crippen LogP contribution in [0, 0.1) is 24.0 Å². The zero-order valence-electron chi connectivity index (χ0n) is 24.9. The van der Waals surface area contributed by atoms with Gasteiger partial charge in [-0.05, 0) is 43.2 Å². The predicted molar refractivity (Wildman–Crippen MR) is 164 cm³/mol. The van der Waals surface area contributed by atoms with Crippen LogP contribution in [0.5, 0.6) is 0 Å². The van der Waals surface area contributed by atoms with Crippen molar-refractivity contribution in [3.8, 4) is 16.9 Å². The van der Waals surface area contributed by atoms with E-state index in [9.17, 15) is 13.6 Å².